The van der Waals surface area contributed by atoms with E-state index in [1.165, 1.54) is 0 Å². The zero-order chi connectivity index (χ0) is 11.3. The van der Waals surface area contributed by atoms with Gasteiger partial charge in [0.1, 0.15) is 0 Å². The van der Waals surface area contributed by atoms with Crippen molar-refractivity contribution in [3.8, 4) is 0 Å². The van der Waals surface area contributed by atoms with Crippen molar-refractivity contribution in [2.45, 2.75) is 13.5 Å². The first kappa shape index (κ1) is 12.0. The third-order valence-electron chi connectivity index (χ3n) is 2.04. The number of benzene rings is 1. The number of nitrogens with one attached hydrogen (secondary N) is 1. The Morgan fingerprint density at radius 2 is 2.27 bits per heavy atom. The smallest absolute Gasteiger partial charge is 0.274 e. The molecule has 0 saturated carbocycles. The van der Waals surface area contributed by atoms with Gasteiger partial charge in [-0.15, -0.1) is 0 Å². The van der Waals surface area contributed by atoms with Crippen molar-refractivity contribution in [1.29, 1.82) is 0 Å². The molecule has 1 rings (SSSR count). The first-order valence-electron chi connectivity index (χ1n) is 4.70. The average molecular weight is 226 g/mol. The number of hydrogen-bond donors (Lipinski definition) is 2. The monoisotopic (exact) mass is 226 g/mol. The summed E-state index contributed by atoms with van der Waals surface area (Å²) in [5.74, 6) is 0.722. The number of nitrogens with zero attached hydrogens (tertiary/aromatic N) is 1. The highest BCUT2D eigenvalue weighted by molar-refractivity contribution is 7.80. The molecule has 0 bridgehead atoms. The molecule has 4 nitrogen and oxygen atoms in total. The molecule has 0 aliphatic rings. The second kappa shape index (κ2) is 5.72. The lowest BCUT2D eigenvalue weighted by Crippen LogP contribution is -2.16. The van der Waals surface area contributed by atoms with Crippen molar-refractivity contribution in [2.75, 3.05) is 12.3 Å². The molecule has 0 heterocycles. The lowest BCUT2D eigenvalue weighted by molar-refractivity contribution is -0.385. The summed E-state index contributed by atoms with van der Waals surface area (Å²) < 4.78 is 0. The summed E-state index contributed by atoms with van der Waals surface area (Å²) in [7, 11) is 0. The molecule has 0 aliphatic heterocycles. The second-order valence-corrected chi connectivity index (χ2v) is 3.74. The Balaban J connectivity index is 2.81. The van der Waals surface area contributed by atoms with Gasteiger partial charge in [-0.2, -0.15) is 12.6 Å². The minimum Gasteiger partial charge on any atom is -0.312 e. The topological polar surface area (TPSA) is 55.2 Å². The zero-order valence-corrected chi connectivity index (χ0v) is 9.46. The molecule has 0 aliphatic carbocycles. The molecule has 0 unspecified atom stereocenters. The van der Waals surface area contributed by atoms with Crippen LogP contribution in [-0.4, -0.2) is 17.2 Å². The van der Waals surface area contributed by atoms with Crippen LogP contribution in [0.25, 0.3) is 0 Å². The Morgan fingerprint density at radius 1 is 1.53 bits per heavy atom. The Morgan fingerprint density at radius 3 is 2.87 bits per heavy atom. The summed E-state index contributed by atoms with van der Waals surface area (Å²) in [4.78, 5) is 10.4. The molecule has 82 valence electrons. The van der Waals surface area contributed by atoms with Crippen LogP contribution in [0, 0.1) is 17.0 Å². The maximum absolute atomic E-state index is 10.8. The molecule has 1 N–H and O–H groups in total. The predicted octanol–water partition coefficient (Wildman–Crippen LogP) is 1.92. The van der Waals surface area contributed by atoms with Crippen LogP contribution in [-0.2, 0) is 6.54 Å². The van der Waals surface area contributed by atoms with E-state index < -0.39 is 0 Å². The molecule has 1 aromatic rings. The van der Waals surface area contributed by atoms with Gasteiger partial charge in [0, 0.05) is 30.5 Å². The molecule has 0 saturated heterocycles. The number of nitro benzene ring substituents is 1. The molecule has 0 amide bonds. The van der Waals surface area contributed by atoms with Gasteiger partial charge >= 0.3 is 0 Å². The number of nitro groups is 1. The maximum atomic E-state index is 10.8. The zero-order valence-electron chi connectivity index (χ0n) is 8.56. The molecule has 0 spiro atoms. The summed E-state index contributed by atoms with van der Waals surface area (Å²) in [5.41, 5.74) is 1.80. The largest absolute Gasteiger partial charge is 0.312 e. The van der Waals surface area contributed by atoms with Crippen LogP contribution < -0.4 is 5.32 Å². The third-order valence-corrected chi connectivity index (χ3v) is 2.27. The highest BCUT2D eigenvalue weighted by atomic mass is 32.1. The third kappa shape index (κ3) is 3.53. The van der Waals surface area contributed by atoms with Crippen LogP contribution in [0.2, 0.25) is 0 Å². The van der Waals surface area contributed by atoms with E-state index in [0.29, 0.717) is 12.1 Å². The minimum absolute atomic E-state index is 0.182. The van der Waals surface area contributed by atoms with E-state index in [2.05, 4.69) is 17.9 Å². The van der Waals surface area contributed by atoms with Gasteiger partial charge in [0.05, 0.1) is 4.92 Å². The van der Waals surface area contributed by atoms with Crippen molar-refractivity contribution in [1.82, 2.24) is 5.32 Å². The summed E-state index contributed by atoms with van der Waals surface area (Å²) >= 11 is 4.05. The van der Waals surface area contributed by atoms with Gasteiger partial charge in [-0.1, -0.05) is 12.1 Å². The fourth-order valence-electron chi connectivity index (χ4n) is 1.30. The van der Waals surface area contributed by atoms with Crippen LogP contribution in [0.4, 0.5) is 5.69 Å². The quantitative estimate of drug-likeness (QED) is 0.349. The van der Waals surface area contributed by atoms with E-state index in [0.717, 1.165) is 17.9 Å². The van der Waals surface area contributed by atoms with E-state index in [1.807, 2.05) is 13.0 Å². The van der Waals surface area contributed by atoms with Crippen molar-refractivity contribution in [3.63, 3.8) is 0 Å². The van der Waals surface area contributed by atoms with Gasteiger partial charge in [-0.05, 0) is 12.5 Å². The number of thiol groups is 1. The predicted molar refractivity (Wildman–Crippen MR) is 63.4 cm³/mol. The summed E-state index contributed by atoms with van der Waals surface area (Å²) in [6.45, 7) is 3.10. The van der Waals surface area contributed by atoms with Crippen LogP contribution in [0.15, 0.2) is 18.2 Å². The first-order chi connectivity index (χ1) is 7.15. The Labute approximate surface area is 94.2 Å². The van der Waals surface area contributed by atoms with Crippen molar-refractivity contribution >= 4 is 18.3 Å². The van der Waals surface area contributed by atoms with E-state index in [9.17, 15) is 10.1 Å². The second-order valence-electron chi connectivity index (χ2n) is 3.29. The molecule has 15 heavy (non-hydrogen) atoms. The van der Waals surface area contributed by atoms with Gasteiger partial charge in [0.2, 0.25) is 0 Å². The van der Waals surface area contributed by atoms with E-state index in [1.54, 1.807) is 12.1 Å². The van der Waals surface area contributed by atoms with Gasteiger partial charge in [-0.3, -0.25) is 10.1 Å². The van der Waals surface area contributed by atoms with Gasteiger partial charge < -0.3 is 5.32 Å². The molecule has 0 fully saturated rings. The van der Waals surface area contributed by atoms with Gasteiger partial charge in [-0.25, -0.2) is 0 Å². The fourth-order valence-corrected chi connectivity index (χ4v) is 1.45. The average Bonchev–Trinajstić information content (AvgIpc) is 2.20. The van der Waals surface area contributed by atoms with Gasteiger partial charge in [0.15, 0.2) is 0 Å². The SMILES string of the molecule is Cc1ccc(CNCCS)c([N+](=O)[O-])c1. The summed E-state index contributed by atoms with van der Waals surface area (Å²) in [5, 5.41) is 13.9. The standard InChI is InChI=1S/C10H14N2O2S/c1-8-2-3-9(7-11-4-5-15)10(6-8)12(13)14/h2-3,6,11,15H,4-5,7H2,1H3. The number of aryl methyl sites for hydroxylation is 1. The van der Waals surface area contributed by atoms with Crippen LogP contribution in [0.5, 0.6) is 0 Å². The van der Waals surface area contributed by atoms with Crippen molar-refractivity contribution in [3.05, 3.63) is 39.4 Å². The molecule has 0 radical (unpaired) electrons. The molecule has 1 aromatic carbocycles. The van der Waals surface area contributed by atoms with Crippen LogP contribution >= 0.6 is 12.6 Å². The Kier molecular flexibility index (Phi) is 4.58. The Bertz CT molecular complexity index is 355. The number of rotatable bonds is 5. The van der Waals surface area contributed by atoms with Crippen LogP contribution in [0.1, 0.15) is 11.1 Å². The molecular weight excluding hydrogens is 212 g/mol. The van der Waals surface area contributed by atoms with E-state index >= 15 is 0 Å². The summed E-state index contributed by atoms with van der Waals surface area (Å²) in [6.07, 6.45) is 0. The number of hydrogen-bond acceptors (Lipinski definition) is 4. The fraction of sp³-hybridized carbons (Fsp3) is 0.400. The first-order valence-corrected chi connectivity index (χ1v) is 5.34. The molecular formula is C10H14N2O2S. The lowest BCUT2D eigenvalue weighted by Gasteiger charge is -2.04. The summed E-state index contributed by atoms with van der Waals surface area (Å²) in [6, 6.07) is 5.27. The molecule has 0 atom stereocenters. The Hall–Kier alpha value is -1.07. The van der Waals surface area contributed by atoms with Crippen LogP contribution in [0.3, 0.4) is 0 Å². The van der Waals surface area contributed by atoms with Crippen molar-refractivity contribution in [2.24, 2.45) is 0 Å². The molecule has 5 heteroatoms. The molecule has 0 aromatic heterocycles. The normalized spacial score (nSPS) is 10.3. The van der Waals surface area contributed by atoms with E-state index in [4.69, 9.17) is 0 Å². The van der Waals surface area contributed by atoms with E-state index in [-0.39, 0.29) is 10.6 Å². The highest BCUT2D eigenvalue weighted by Gasteiger charge is 2.12. The minimum atomic E-state index is -0.343. The maximum Gasteiger partial charge on any atom is 0.274 e. The lowest BCUT2D eigenvalue weighted by atomic mass is 10.1. The van der Waals surface area contributed by atoms with Crippen molar-refractivity contribution < 1.29 is 4.92 Å². The van der Waals surface area contributed by atoms with Gasteiger partial charge in [0.25, 0.3) is 5.69 Å². The highest BCUT2D eigenvalue weighted by Crippen LogP contribution is 2.19.